The van der Waals surface area contributed by atoms with Crippen molar-refractivity contribution in [3.63, 3.8) is 0 Å². The van der Waals surface area contributed by atoms with E-state index in [1.165, 1.54) is 25.8 Å². The predicted octanol–water partition coefficient (Wildman–Crippen LogP) is 0.463. The second-order valence-electron chi connectivity index (χ2n) is 3.89. The molecule has 1 heterocycles. The van der Waals surface area contributed by atoms with Crippen LogP contribution in [0.4, 0.5) is 0 Å². The van der Waals surface area contributed by atoms with Crippen molar-refractivity contribution < 1.29 is 5.11 Å². The Morgan fingerprint density at radius 2 is 2.10 bits per heavy atom. The van der Waals surface area contributed by atoms with Crippen molar-refractivity contribution in [2.45, 2.75) is 25.4 Å². The molecule has 0 aromatic rings. The Kier molecular flexibility index (Phi) is 1.29. The zero-order valence-electron chi connectivity index (χ0n) is 6.51. The van der Waals surface area contributed by atoms with E-state index in [0.717, 1.165) is 6.54 Å². The van der Waals surface area contributed by atoms with Crippen molar-refractivity contribution >= 4 is 0 Å². The van der Waals surface area contributed by atoms with Crippen LogP contribution < -0.4 is 0 Å². The summed E-state index contributed by atoms with van der Waals surface area (Å²) in [5, 5.41) is 9.63. The smallest absolute Gasteiger partial charge is 0.0723 e. The third kappa shape index (κ3) is 0.867. The van der Waals surface area contributed by atoms with E-state index in [2.05, 4.69) is 11.9 Å². The van der Waals surface area contributed by atoms with E-state index >= 15 is 0 Å². The molecule has 2 aliphatic rings. The molecule has 1 aliphatic heterocycles. The number of nitrogens with zero attached hydrogens (tertiary/aromatic N) is 1. The first-order chi connectivity index (χ1) is 4.73. The molecule has 0 bridgehead atoms. The van der Waals surface area contributed by atoms with Gasteiger partial charge in [-0.1, -0.05) is 0 Å². The second kappa shape index (κ2) is 1.95. The fourth-order valence-electron chi connectivity index (χ4n) is 1.90. The lowest BCUT2D eigenvalue weighted by molar-refractivity contribution is 0.0186. The summed E-state index contributed by atoms with van der Waals surface area (Å²) < 4.78 is 0. The normalized spacial score (nSPS) is 38.4. The minimum absolute atomic E-state index is 0.0359. The van der Waals surface area contributed by atoms with Gasteiger partial charge in [0.25, 0.3) is 0 Å². The molecule has 1 aliphatic carbocycles. The Morgan fingerprint density at radius 3 is 2.60 bits per heavy atom. The highest BCUT2D eigenvalue weighted by atomic mass is 16.3. The number of piperidine rings is 1. The Hall–Kier alpha value is -0.0800. The maximum Gasteiger partial charge on any atom is 0.0723 e. The van der Waals surface area contributed by atoms with Crippen molar-refractivity contribution in [3.8, 4) is 0 Å². The quantitative estimate of drug-likeness (QED) is 0.530. The minimum atomic E-state index is -0.0359. The lowest BCUT2D eigenvalue weighted by atomic mass is 9.91. The van der Waals surface area contributed by atoms with Crippen LogP contribution in [0.2, 0.25) is 0 Å². The Balaban J connectivity index is 2.01. The van der Waals surface area contributed by atoms with Crippen LogP contribution in [0.15, 0.2) is 0 Å². The molecule has 1 saturated heterocycles. The molecule has 1 spiro atoms. The number of aliphatic hydroxyl groups is 1. The minimum Gasteiger partial charge on any atom is -0.391 e. The summed E-state index contributed by atoms with van der Waals surface area (Å²) in [4.78, 5) is 2.22. The molecule has 0 aromatic heterocycles. The van der Waals surface area contributed by atoms with E-state index in [9.17, 15) is 5.11 Å². The van der Waals surface area contributed by atoms with Crippen LogP contribution in [0.1, 0.15) is 19.3 Å². The van der Waals surface area contributed by atoms with E-state index in [-0.39, 0.29) is 6.10 Å². The fraction of sp³-hybridized carbons (Fsp3) is 1.00. The van der Waals surface area contributed by atoms with Gasteiger partial charge in [0.2, 0.25) is 0 Å². The third-order valence-corrected chi connectivity index (χ3v) is 3.08. The van der Waals surface area contributed by atoms with Crippen molar-refractivity contribution in [1.82, 2.24) is 4.90 Å². The Morgan fingerprint density at radius 1 is 1.40 bits per heavy atom. The number of β-amino-alcohol motifs (C(OH)–C–C–N with tert-alkyl or cyclic N) is 1. The Bertz CT molecular complexity index is 142. The molecule has 1 N–H and O–H groups in total. The van der Waals surface area contributed by atoms with E-state index in [4.69, 9.17) is 0 Å². The van der Waals surface area contributed by atoms with Gasteiger partial charge in [-0.3, -0.25) is 0 Å². The molecule has 0 aromatic carbocycles. The van der Waals surface area contributed by atoms with Crippen LogP contribution in [0.3, 0.4) is 0 Å². The summed E-state index contributed by atoms with van der Waals surface area (Å²) in [6.07, 6.45) is 3.71. The van der Waals surface area contributed by atoms with E-state index < -0.39 is 0 Å². The first kappa shape index (κ1) is 6.62. The van der Waals surface area contributed by atoms with Gasteiger partial charge in [0.05, 0.1) is 6.10 Å². The molecule has 2 fully saturated rings. The summed E-state index contributed by atoms with van der Waals surface area (Å²) in [5.74, 6) is 0. The molecule has 0 radical (unpaired) electrons. The first-order valence-corrected chi connectivity index (χ1v) is 4.10. The third-order valence-electron chi connectivity index (χ3n) is 3.08. The lowest BCUT2D eigenvalue weighted by Crippen LogP contribution is -2.42. The van der Waals surface area contributed by atoms with Crippen LogP contribution in [0.25, 0.3) is 0 Å². The number of likely N-dealkylation sites (tertiary alicyclic amines) is 1. The van der Waals surface area contributed by atoms with Gasteiger partial charge in [-0.05, 0) is 38.3 Å². The van der Waals surface area contributed by atoms with Gasteiger partial charge in [-0.15, -0.1) is 0 Å². The van der Waals surface area contributed by atoms with E-state index in [1.54, 1.807) is 0 Å². The number of aliphatic hydroxyl groups excluding tert-OH is 1. The van der Waals surface area contributed by atoms with Crippen LogP contribution in [-0.4, -0.2) is 36.2 Å². The molecule has 2 nitrogen and oxygen atoms in total. The maximum absolute atomic E-state index is 9.63. The van der Waals surface area contributed by atoms with Crippen LogP contribution in [0, 0.1) is 5.41 Å². The number of hydrogen-bond acceptors (Lipinski definition) is 2. The molecule has 1 saturated carbocycles. The number of rotatable bonds is 0. The van der Waals surface area contributed by atoms with Gasteiger partial charge in [-0.2, -0.15) is 0 Å². The molecule has 1 atom stereocenters. The summed E-state index contributed by atoms with van der Waals surface area (Å²) in [5.41, 5.74) is 0.381. The maximum atomic E-state index is 9.63. The fourth-order valence-corrected chi connectivity index (χ4v) is 1.90. The van der Waals surface area contributed by atoms with Crippen LogP contribution in [0.5, 0.6) is 0 Å². The van der Waals surface area contributed by atoms with Gasteiger partial charge in [0.15, 0.2) is 0 Å². The Labute approximate surface area is 61.8 Å². The van der Waals surface area contributed by atoms with Gasteiger partial charge in [0.1, 0.15) is 0 Å². The highest BCUT2D eigenvalue weighted by molar-refractivity contribution is 5.02. The highest BCUT2D eigenvalue weighted by Crippen LogP contribution is 2.53. The molecule has 10 heavy (non-hydrogen) atoms. The van der Waals surface area contributed by atoms with Gasteiger partial charge in [-0.25, -0.2) is 0 Å². The lowest BCUT2D eigenvalue weighted by Gasteiger charge is -2.33. The zero-order chi connectivity index (χ0) is 7.19. The summed E-state index contributed by atoms with van der Waals surface area (Å²) in [6, 6.07) is 0. The standard InChI is InChI=1S/C8H15NO/c1-9-5-4-8(2-3-8)7(10)6-9/h7,10H,2-6H2,1H3. The van der Waals surface area contributed by atoms with Gasteiger partial charge >= 0.3 is 0 Å². The molecule has 58 valence electrons. The zero-order valence-corrected chi connectivity index (χ0v) is 6.51. The monoisotopic (exact) mass is 141 g/mol. The average Bonchev–Trinajstić information content (AvgIpc) is 2.62. The van der Waals surface area contributed by atoms with Gasteiger partial charge < -0.3 is 10.0 Å². The van der Waals surface area contributed by atoms with Crippen LogP contribution >= 0.6 is 0 Å². The van der Waals surface area contributed by atoms with Crippen molar-refractivity contribution in [3.05, 3.63) is 0 Å². The van der Waals surface area contributed by atoms with Crippen LogP contribution in [-0.2, 0) is 0 Å². The van der Waals surface area contributed by atoms with Crippen molar-refractivity contribution in [1.29, 1.82) is 0 Å². The van der Waals surface area contributed by atoms with Crippen molar-refractivity contribution in [2.24, 2.45) is 5.41 Å². The topological polar surface area (TPSA) is 23.5 Å². The number of hydrogen-bond donors (Lipinski definition) is 1. The van der Waals surface area contributed by atoms with Gasteiger partial charge in [0, 0.05) is 6.54 Å². The summed E-state index contributed by atoms with van der Waals surface area (Å²) >= 11 is 0. The average molecular weight is 141 g/mol. The first-order valence-electron chi connectivity index (χ1n) is 4.10. The van der Waals surface area contributed by atoms with E-state index in [1.807, 2.05) is 0 Å². The predicted molar refractivity (Wildman–Crippen MR) is 39.8 cm³/mol. The molecule has 2 heteroatoms. The molecule has 2 rings (SSSR count). The van der Waals surface area contributed by atoms with E-state index in [0.29, 0.717) is 5.41 Å². The summed E-state index contributed by atoms with van der Waals surface area (Å²) in [7, 11) is 2.08. The molecule has 1 unspecified atom stereocenters. The second-order valence-corrected chi connectivity index (χ2v) is 3.89. The molecular formula is C8H15NO. The molecular weight excluding hydrogens is 126 g/mol. The summed E-state index contributed by atoms with van der Waals surface area (Å²) in [6.45, 7) is 2.07. The SMILES string of the molecule is CN1CCC2(CC2)C(O)C1. The molecule has 0 amide bonds. The number of likely N-dealkylation sites (N-methyl/N-ethyl adjacent to an activating group) is 1. The van der Waals surface area contributed by atoms with Crippen molar-refractivity contribution in [2.75, 3.05) is 20.1 Å². The largest absolute Gasteiger partial charge is 0.391 e. The highest BCUT2D eigenvalue weighted by Gasteiger charge is 2.50.